The van der Waals surface area contributed by atoms with E-state index in [1.54, 1.807) is 48.2 Å². The molecule has 190 valence electrons. The Morgan fingerprint density at radius 2 is 1.68 bits per heavy atom. The maximum absolute atomic E-state index is 13.6. The van der Waals surface area contributed by atoms with E-state index in [4.69, 9.17) is 28.6 Å². The van der Waals surface area contributed by atoms with Gasteiger partial charge in [-0.25, -0.2) is 4.79 Å². The topological polar surface area (TPSA) is 78.9 Å². The van der Waals surface area contributed by atoms with Gasteiger partial charge >= 0.3 is 5.97 Å². The molecule has 1 fully saturated rings. The number of nitrogens with one attached hydrogen (secondary N) is 1. The first-order valence-corrected chi connectivity index (χ1v) is 13.3. The Bertz CT molecular complexity index is 1320. The first-order valence-electron chi connectivity index (χ1n) is 11.5. The Balaban J connectivity index is 1.59. The van der Waals surface area contributed by atoms with Gasteiger partial charge in [-0.2, -0.15) is 0 Å². The summed E-state index contributed by atoms with van der Waals surface area (Å²) in [7, 11) is 0. The van der Waals surface area contributed by atoms with Crippen LogP contribution in [0.4, 0.5) is 11.4 Å². The molecule has 0 aliphatic carbocycles. The lowest BCUT2D eigenvalue weighted by Gasteiger charge is -2.24. The fourth-order valence-electron chi connectivity index (χ4n) is 3.92. The van der Waals surface area contributed by atoms with E-state index in [9.17, 15) is 14.4 Å². The van der Waals surface area contributed by atoms with E-state index in [-0.39, 0.29) is 30.0 Å². The van der Waals surface area contributed by atoms with Gasteiger partial charge in [0.2, 0.25) is 5.91 Å². The third kappa shape index (κ3) is 6.46. The van der Waals surface area contributed by atoms with E-state index < -0.39 is 12.0 Å². The number of esters is 1. The fraction of sp³-hybridized carbons (Fsp3) is 0.185. The molecule has 1 saturated heterocycles. The first-order chi connectivity index (χ1) is 17.8. The molecule has 4 rings (SSSR count). The van der Waals surface area contributed by atoms with Crippen molar-refractivity contribution in [1.82, 2.24) is 4.90 Å². The van der Waals surface area contributed by atoms with E-state index >= 15 is 0 Å². The van der Waals surface area contributed by atoms with Crippen LogP contribution in [0.3, 0.4) is 0 Å². The highest BCUT2D eigenvalue weighted by Crippen LogP contribution is 2.29. The number of hydrogen-bond acceptors (Lipinski definition) is 5. The van der Waals surface area contributed by atoms with E-state index in [0.717, 1.165) is 9.13 Å². The van der Waals surface area contributed by atoms with Gasteiger partial charge in [-0.3, -0.25) is 14.5 Å². The molecule has 3 aromatic carbocycles. The Morgan fingerprint density at radius 3 is 2.30 bits per heavy atom. The molecule has 10 heteroatoms. The van der Waals surface area contributed by atoms with Crippen LogP contribution in [0.2, 0.25) is 5.02 Å². The van der Waals surface area contributed by atoms with Gasteiger partial charge in [0.25, 0.3) is 5.91 Å². The Kier molecular flexibility index (Phi) is 8.78. The van der Waals surface area contributed by atoms with Crippen molar-refractivity contribution >= 4 is 80.7 Å². The number of rotatable bonds is 8. The second-order valence-electron chi connectivity index (χ2n) is 8.25. The highest BCUT2D eigenvalue weighted by molar-refractivity contribution is 14.1. The lowest BCUT2D eigenvalue weighted by atomic mass is 10.1. The normalized spacial score (nSPS) is 15.2. The van der Waals surface area contributed by atoms with Crippen molar-refractivity contribution in [3.63, 3.8) is 0 Å². The number of halogens is 2. The van der Waals surface area contributed by atoms with E-state index in [1.807, 2.05) is 36.4 Å². The number of hydrogen-bond donors (Lipinski definition) is 1. The largest absolute Gasteiger partial charge is 0.462 e. The van der Waals surface area contributed by atoms with Crippen LogP contribution in [0.25, 0.3) is 0 Å². The lowest BCUT2D eigenvalue weighted by Crippen LogP contribution is -2.37. The molecule has 1 aliphatic heterocycles. The molecule has 3 aromatic rings. The van der Waals surface area contributed by atoms with Crippen molar-refractivity contribution < 1.29 is 19.1 Å². The maximum atomic E-state index is 13.6. The third-order valence-electron chi connectivity index (χ3n) is 5.73. The number of nitrogens with zero attached hydrogens (tertiary/aromatic N) is 2. The lowest BCUT2D eigenvalue weighted by molar-refractivity contribution is -0.124. The molecule has 1 unspecified atom stereocenters. The molecule has 1 heterocycles. The van der Waals surface area contributed by atoms with Crippen LogP contribution in [0.15, 0.2) is 72.8 Å². The third-order valence-corrected chi connectivity index (χ3v) is 7.12. The summed E-state index contributed by atoms with van der Waals surface area (Å²) in [5.74, 6) is -1.07. The number of thiocarbonyl (C=S) groups is 1. The summed E-state index contributed by atoms with van der Waals surface area (Å²) in [5, 5.41) is 3.73. The molecule has 1 N–H and O–H groups in total. The molecular formula is C27H23ClIN3O4S. The minimum Gasteiger partial charge on any atom is -0.462 e. The zero-order chi connectivity index (χ0) is 26.5. The minimum atomic E-state index is -0.809. The molecule has 1 atom stereocenters. The number of benzene rings is 3. The minimum absolute atomic E-state index is 0.0873. The molecular weight excluding hydrogens is 625 g/mol. The number of ether oxygens (including phenoxy) is 1. The van der Waals surface area contributed by atoms with Crippen molar-refractivity contribution in [2.45, 2.75) is 25.9 Å². The van der Waals surface area contributed by atoms with Crippen LogP contribution in [-0.2, 0) is 20.9 Å². The first kappa shape index (κ1) is 27.0. The predicted molar refractivity (Wildman–Crippen MR) is 156 cm³/mol. The van der Waals surface area contributed by atoms with Crippen molar-refractivity contribution in [1.29, 1.82) is 0 Å². The molecule has 1 aliphatic rings. The van der Waals surface area contributed by atoms with Crippen LogP contribution in [0.5, 0.6) is 0 Å². The number of carbonyl (C=O) groups is 3. The van der Waals surface area contributed by atoms with Gasteiger partial charge in [0.15, 0.2) is 5.11 Å². The SMILES string of the molecule is CCOC(=O)c1ccc(N2C(=O)C(CC(=O)Nc3ccc(I)cc3)N(Cc3ccc(Cl)cc3)C2=S)cc1. The maximum Gasteiger partial charge on any atom is 0.338 e. The zero-order valence-corrected chi connectivity index (χ0v) is 23.5. The van der Waals surface area contributed by atoms with Gasteiger partial charge in [0.05, 0.1) is 24.3 Å². The van der Waals surface area contributed by atoms with Gasteiger partial charge in [0.1, 0.15) is 6.04 Å². The monoisotopic (exact) mass is 647 g/mol. The number of carbonyl (C=O) groups excluding carboxylic acids is 3. The smallest absolute Gasteiger partial charge is 0.338 e. The molecule has 2 amide bonds. The standard InChI is InChI=1S/C27H23ClIN3O4S/c1-2-36-26(35)18-5-13-22(14-6-18)32-25(34)23(15-24(33)30-21-11-9-20(29)10-12-21)31(27(32)37)16-17-3-7-19(28)8-4-17/h3-14,23H,2,15-16H2,1H3,(H,30,33). The van der Waals surface area contributed by atoms with Gasteiger partial charge in [-0.05, 0) is 108 Å². The van der Waals surface area contributed by atoms with Crippen molar-refractivity contribution in [3.8, 4) is 0 Å². The second-order valence-corrected chi connectivity index (χ2v) is 10.3. The Morgan fingerprint density at radius 1 is 1.03 bits per heavy atom. The summed E-state index contributed by atoms with van der Waals surface area (Å²) in [6, 6.07) is 20.3. The summed E-state index contributed by atoms with van der Waals surface area (Å²) in [4.78, 5) is 41.8. The molecule has 0 spiro atoms. The van der Waals surface area contributed by atoms with E-state index in [2.05, 4.69) is 27.9 Å². The highest BCUT2D eigenvalue weighted by atomic mass is 127. The Hall–Kier alpha value is -3.02. The summed E-state index contributed by atoms with van der Waals surface area (Å²) in [6.07, 6.45) is -0.0873. The van der Waals surface area contributed by atoms with Gasteiger partial charge < -0.3 is 15.0 Å². The average molecular weight is 648 g/mol. The predicted octanol–water partition coefficient (Wildman–Crippen LogP) is 5.65. The van der Waals surface area contributed by atoms with Crippen LogP contribution in [-0.4, -0.2) is 40.4 Å². The van der Waals surface area contributed by atoms with E-state index in [0.29, 0.717) is 28.5 Å². The zero-order valence-electron chi connectivity index (χ0n) is 19.8. The van der Waals surface area contributed by atoms with Crippen LogP contribution < -0.4 is 10.2 Å². The molecule has 0 saturated carbocycles. The molecule has 7 nitrogen and oxygen atoms in total. The summed E-state index contributed by atoms with van der Waals surface area (Å²) in [5.41, 5.74) is 2.41. The van der Waals surface area contributed by atoms with Crippen molar-refractivity contribution in [2.24, 2.45) is 0 Å². The van der Waals surface area contributed by atoms with Gasteiger partial charge in [-0.15, -0.1) is 0 Å². The number of amides is 2. The molecule has 0 bridgehead atoms. The highest BCUT2D eigenvalue weighted by Gasteiger charge is 2.44. The van der Waals surface area contributed by atoms with Gasteiger partial charge in [-0.1, -0.05) is 23.7 Å². The fourth-order valence-corrected chi connectivity index (χ4v) is 4.79. The summed E-state index contributed by atoms with van der Waals surface area (Å²) < 4.78 is 6.08. The molecule has 0 aromatic heterocycles. The quantitative estimate of drug-likeness (QED) is 0.193. The number of anilines is 2. The second kappa shape index (κ2) is 12.0. The summed E-state index contributed by atoms with van der Waals surface area (Å²) >= 11 is 14.0. The van der Waals surface area contributed by atoms with Crippen LogP contribution in [0, 0.1) is 3.57 Å². The van der Waals surface area contributed by atoms with Gasteiger partial charge in [0, 0.05) is 20.8 Å². The molecule has 37 heavy (non-hydrogen) atoms. The average Bonchev–Trinajstić information content (AvgIpc) is 3.10. The van der Waals surface area contributed by atoms with Crippen molar-refractivity contribution in [3.05, 3.63) is 92.5 Å². The van der Waals surface area contributed by atoms with Crippen LogP contribution >= 0.6 is 46.4 Å². The Labute approximate surface area is 238 Å². The van der Waals surface area contributed by atoms with Crippen LogP contribution in [0.1, 0.15) is 29.3 Å². The summed E-state index contributed by atoms with van der Waals surface area (Å²) in [6.45, 7) is 2.32. The van der Waals surface area contributed by atoms with Crippen molar-refractivity contribution in [2.75, 3.05) is 16.8 Å². The molecule has 0 radical (unpaired) electrons. The van der Waals surface area contributed by atoms with E-state index in [1.165, 1.54) is 4.90 Å².